The first-order valence-electron chi connectivity index (χ1n) is 8.39. The van der Waals surface area contributed by atoms with E-state index >= 15 is 0 Å². The van der Waals surface area contributed by atoms with Crippen LogP contribution in [0.5, 0.6) is 0 Å². The van der Waals surface area contributed by atoms with E-state index in [-0.39, 0.29) is 11.7 Å². The molecule has 150 valence electrons. The van der Waals surface area contributed by atoms with E-state index in [9.17, 15) is 9.59 Å². The fraction of sp³-hybridized carbons (Fsp3) is 0.158. The highest BCUT2D eigenvalue weighted by atomic mass is 79.9. The van der Waals surface area contributed by atoms with E-state index < -0.39 is 12.0 Å². The molecule has 10 heteroatoms. The minimum Gasteiger partial charge on any atom is -0.467 e. The van der Waals surface area contributed by atoms with E-state index in [0.717, 1.165) is 10.2 Å². The van der Waals surface area contributed by atoms with Crippen LogP contribution >= 0.6 is 39.3 Å². The number of halogens is 2. The van der Waals surface area contributed by atoms with Crippen LogP contribution in [0, 0.1) is 0 Å². The molecule has 1 heterocycles. The maximum atomic E-state index is 12.5. The van der Waals surface area contributed by atoms with Crippen LogP contribution in [-0.2, 0) is 14.3 Å². The Morgan fingerprint density at radius 2 is 2.03 bits per heavy atom. The fourth-order valence-corrected chi connectivity index (χ4v) is 3.70. The molecule has 0 saturated heterocycles. The van der Waals surface area contributed by atoms with Crippen LogP contribution in [0.4, 0.5) is 0 Å². The number of carbonyl (C=O) groups is 2. The molecule has 2 aromatic carbocycles. The molecule has 0 aliphatic heterocycles. The number of thioether (sulfide) groups is 1. The molecule has 0 aliphatic carbocycles. The second-order valence-electron chi connectivity index (χ2n) is 5.83. The number of aromatic nitrogens is 3. The molecule has 29 heavy (non-hydrogen) atoms. The maximum absolute atomic E-state index is 12.5. The van der Waals surface area contributed by atoms with Crippen LogP contribution in [0.15, 0.2) is 64.5 Å². The maximum Gasteiger partial charge on any atom is 0.333 e. The number of ether oxygens (including phenoxy) is 1. The lowest BCUT2D eigenvalue weighted by Crippen LogP contribution is -2.35. The molecule has 3 rings (SSSR count). The first-order valence-corrected chi connectivity index (χ1v) is 10.5. The first-order chi connectivity index (χ1) is 14.0. The molecule has 1 aromatic heterocycles. The summed E-state index contributed by atoms with van der Waals surface area (Å²) >= 11 is 10.6. The minimum atomic E-state index is -0.896. The average molecular weight is 496 g/mol. The summed E-state index contributed by atoms with van der Waals surface area (Å²) < 4.78 is 7.43. The monoisotopic (exact) mass is 494 g/mol. The Bertz CT molecular complexity index is 1010. The molecular formula is C19H16BrClN4O3S. The van der Waals surface area contributed by atoms with Gasteiger partial charge in [0.2, 0.25) is 5.91 Å². The summed E-state index contributed by atoms with van der Waals surface area (Å²) in [7, 11) is 1.28. The van der Waals surface area contributed by atoms with Gasteiger partial charge < -0.3 is 10.1 Å². The van der Waals surface area contributed by atoms with Crippen molar-refractivity contribution in [3.05, 3.63) is 69.9 Å². The zero-order valence-electron chi connectivity index (χ0n) is 15.2. The van der Waals surface area contributed by atoms with Crippen molar-refractivity contribution in [2.75, 3.05) is 12.9 Å². The zero-order chi connectivity index (χ0) is 20.8. The number of nitrogens with zero attached hydrogens (tertiary/aromatic N) is 3. The lowest BCUT2D eigenvalue weighted by molar-refractivity contribution is -0.145. The summed E-state index contributed by atoms with van der Waals surface area (Å²) in [4.78, 5) is 24.6. The predicted molar refractivity (Wildman–Crippen MR) is 114 cm³/mol. The number of rotatable bonds is 7. The van der Waals surface area contributed by atoms with Crippen LogP contribution < -0.4 is 5.32 Å². The van der Waals surface area contributed by atoms with E-state index in [1.807, 2.05) is 12.1 Å². The third kappa shape index (κ3) is 5.59. The van der Waals surface area contributed by atoms with Gasteiger partial charge in [-0.15, -0.1) is 10.2 Å². The van der Waals surface area contributed by atoms with Gasteiger partial charge in [-0.25, -0.2) is 4.79 Å². The number of amides is 1. The topological polar surface area (TPSA) is 86.1 Å². The first kappa shape index (κ1) is 21.4. The SMILES string of the molecule is COC(=O)C(NC(=O)CSc1nncn1-c1cccc(Cl)c1)c1ccc(Br)cc1. The Kier molecular flexibility index (Phi) is 7.29. The Balaban J connectivity index is 1.68. The van der Waals surface area contributed by atoms with Crippen molar-refractivity contribution in [2.24, 2.45) is 0 Å². The molecule has 0 aliphatic rings. The molecule has 1 atom stereocenters. The van der Waals surface area contributed by atoms with Crippen LogP contribution in [0.25, 0.3) is 5.69 Å². The second kappa shape index (κ2) is 9.91. The van der Waals surface area contributed by atoms with Crippen molar-refractivity contribution in [3.63, 3.8) is 0 Å². The van der Waals surface area contributed by atoms with Crippen molar-refractivity contribution in [3.8, 4) is 5.69 Å². The van der Waals surface area contributed by atoms with Gasteiger partial charge in [0.15, 0.2) is 11.2 Å². The Morgan fingerprint density at radius 3 is 2.72 bits per heavy atom. The number of methoxy groups -OCH3 is 1. The van der Waals surface area contributed by atoms with Gasteiger partial charge in [0, 0.05) is 9.50 Å². The molecule has 1 amide bonds. The Hall–Kier alpha value is -2.36. The Morgan fingerprint density at radius 1 is 1.28 bits per heavy atom. The molecule has 0 radical (unpaired) electrons. The van der Waals surface area contributed by atoms with Crippen molar-refractivity contribution in [1.29, 1.82) is 0 Å². The standard InChI is InChI=1S/C19H16BrClN4O3S/c1-28-18(27)17(12-5-7-13(20)8-6-12)23-16(26)10-29-19-24-22-11-25(19)15-4-2-3-14(21)9-15/h2-9,11,17H,10H2,1H3,(H,23,26). The van der Waals surface area contributed by atoms with Crippen molar-refractivity contribution in [1.82, 2.24) is 20.1 Å². The van der Waals surface area contributed by atoms with Crippen LogP contribution in [0.3, 0.4) is 0 Å². The number of nitrogens with one attached hydrogen (secondary N) is 1. The summed E-state index contributed by atoms with van der Waals surface area (Å²) in [6.07, 6.45) is 1.55. The van der Waals surface area contributed by atoms with Crippen LogP contribution in [0.2, 0.25) is 5.02 Å². The van der Waals surface area contributed by atoms with Crippen molar-refractivity contribution < 1.29 is 14.3 Å². The number of hydrogen-bond donors (Lipinski definition) is 1. The number of carbonyl (C=O) groups excluding carboxylic acids is 2. The predicted octanol–water partition coefficient (Wildman–Crippen LogP) is 3.81. The van der Waals surface area contributed by atoms with E-state index in [2.05, 4.69) is 31.4 Å². The highest BCUT2D eigenvalue weighted by Crippen LogP contribution is 2.22. The van der Waals surface area contributed by atoms with Crippen molar-refractivity contribution >= 4 is 51.2 Å². The van der Waals surface area contributed by atoms with Gasteiger partial charge in [-0.05, 0) is 35.9 Å². The lowest BCUT2D eigenvalue weighted by atomic mass is 10.1. The highest BCUT2D eigenvalue weighted by molar-refractivity contribution is 9.10. The molecule has 1 N–H and O–H groups in total. The molecule has 0 saturated carbocycles. The van der Waals surface area contributed by atoms with E-state index in [0.29, 0.717) is 15.7 Å². The third-order valence-corrected chi connectivity index (χ3v) is 5.59. The summed E-state index contributed by atoms with van der Waals surface area (Å²) in [5, 5.41) is 11.8. The van der Waals surface area contributed by atoms with Crippen molar-refractivity contribution in [2.45, 2.75) is 11.2 Å². The molecule has 3 aromatic rings. The molecular weight excluding hydrogens is 480 g/mol. The summed E-state index contributed by atoms with van der Waals surface area (Å²) in [6.45, 7) is 0. The van der Waals surface area contributed by atoms with Gasteiger partial charge in [-0.2, -0.15) is 0 Å². The number of esters is 1. The van der Waals surface area contributed by atoms with Crippen LogP contribution in [-0.4, -0.2) is 39.5 Å². The highest BCUT2D eigenvalue weighted by Gasteiger charge is 2.24. The van der Waals surface area contributed by atoms with Gasteiger partial charge in [-0.3, -0.25) is 9.36 Å². The van der Waals surface area contributed by atoms with Gasteiger partial charge in [0.1, 0.15) is 6.33 Å². The normalized spacial score (nSPS) is 11.7. The summed E-state index contributed by atoms with van der Waals surface area (Å²) in [6, 6.07) is 13.4. The molecule has 0 spiro atoms. The summed E-state index contributed by atoms with van der Waals surface area (Å²) in [5.74, 6) is -0.842. The van der Waals surface area contributed by atoms with E-state index in [1.54, 1.807) is 47.3 Å². The van der Waals surface area contributed by atoms with Gasteiger partial charge in [0.25, 0.3) is 0 Å². The van der Waals surface area contributed by atoms with E-state index in [1.165, 1.54) is 18.9 Å². The van der Waals surface area contributed by atoms with Gasteiger partial charge in [0.05, 0.1) is 18.6 Å². The summed E-state index contributed by atoms with van der Waals surface area (Å²) in [5.41, 5.74) is 1.41. The smallest absolute Gasteiger partial charge is 0.333 e. The number of hydrogen-bond acceptors (Lipinski definition) is 6. The van der Waals surface area contributed by atoms with Gasteiger partial charge >= 0.3 is 5.97 Å². The lowest BCUT2D eigenvalue weighted by Gasteiger charge is -2.17. The quantitative estimate of drug-likeness (QED) is 0.396. The average Bonchev–Trinajstić information content (AvgIpc) is 3.19. The van der Waals surface area contributed by atoms with E-state index in [4.69, 9.17) is 16.3 Å². The minimum absolute atomic E-state index is 0.0449. The largest absolute Gasteiger partial charge is 0.467 e. The van der Waals surface area contributed by atoms with Crippen LogP contribution in [0.1, 0.15) is 11.6 Å². The third-order valence-electron chi connectivity index (χ3n) is 3.88. The molecule has 7 nitrogen and oxygen atoms in total. The van der Waals surface area contributed by atoms with Gasteiger partial charge in [-0.1, -0.05) is 57.5 Å². The Labute approximate surface area is 184 Å². The molecule has 1 unspecified atom stereocenters. The number of benzene rings is 2. The molecule has 0 bridgehead atoms. The second-order valence-corrected chi connectivity index (χ2v) is 8.12. The molecule has 0 fully saturated rings. The fourth-order valence-electron chi connectivity index (χ4n) is 2.51. The zero-order valence-corrected chi connectivity index (χ0v) is 18.4.